The summed E-state index contributed by atoms with van der Waals surface area (Å²) in [6, 6.07) is 2.56. The van der Waals surface area contributed by atoms with E-state index in [0.29, 0.717) is 12.6 Å². The first-order chi connectivity index (χ1) is 16.4. The van der Waals surface area contributed by atoms with E-state index in [0.717, 1.165) is 37.8 Å². The van der Waals surface area contributed by atoms with Crippen molar-refractivity contribution in [3.05, 3.63) is 46.7 Å². The number of hydrogen-bond donors (Lipinski definition) is 3. The number of carbonyl (C=O) groups is 2. The second-order valence-corrected chi connectivity index (χ2v) is 10.1. The third kappa shape index (κ3) is 5.98. The first kappa shape index (κ1) is 26.6. The van der Waals surface area contributed by atoms with E-state index in [-0.39, 0.29) is 35.7 Å². The van der Waals surface area contributed by atoms with Crippen LogP contribution in [0.15, 0.2) is 29.5 Å². The zero-order chi connectivity index (χ0) is 25.9. The summed E-state index contributed by atoms with van der Waals surface area (Å²) >= 11 is 0. The molecule has 10 heteroatoms. The van der Waals surface area contributed by atoms with Crippen molar-refractivity contribution in [1.29, 1.82) is 5.41 Å². The molecule has 0 radical (unpaired) electrons. The Kier molecular flexibility index (Phi) is 8.15. The van der Waals surface area contributed by atoms with Crippen LogP contribution in [0, 0.1) is 23.0 Å². The van der Waals surface area contributed by atoms with Gasteiger partial charge in [-0.3, -0.25) is 15.1 Å². The standard InChI is InChI=1S/C25H35F2N5O3/c1-25(2)21(28)18(22(29)30-23(33)17-11-10-16(26)12-19(17)27)13-32(25)24(34)35-20(14-31(3)4)15-8-6-5-7-9-15/h10-12,15,20H,5-9,13-14,28H2,1-4H3,(H2,29,30,33)/t20-/m1/s1. The fraction of sp³-hybridized carbons (Fsp3) is 0.560. The molecular weight excluding hydrogens is 456 g/mol. The minimum atomic E-state index is -1.04. The molecule has 1 aliphatic heterocycles. The van der Waals surface area contributed by atoms with Gasteiger partial charge in [0.05, 0.1) is 17.6 Å². The highest BCUT2D eigenvalue weighted by Gasteiger charge is 2.44. The molecule has 1 aliphatic carbocycles. The highest BCUT2D eigenvalue weighted by molar-refractivity contribution is 6.12. The quantitative estimate of drug-likeness (QED) is 0.416. The molecular formula is C25H35F2N5O3. The van der Waals surface area contributed by atoms with Gasteiger partial charge in [0.1, 0.15) is 23.6 Å². The number of nitrogens with zero attached hydrogens (tertiary/aromatic N) is 2. The molecule has 3 rings (SSSR count). The molecule has 4 N–H and O–H groups in total. The van der Waals surface area contributed by atoms with Crippen LogP contribution in [0.2, 0.25) is 0 Å². The predicted molar refractivity (Wildman–Crippen MR) is 129 cm³/mol. The molecule has 1 aromatic carbocycles. The molecule has 2 amide bonds. The summed E-state index contributed by atoms with van der Waals surface area (Å²) < 4.78 is 33.1. The number of carbonyl (C=O) groups excluding carboxylic acids is 2. The smallest absolute Gasteiger partial charge is 0.411 e. The maximum atomic E-state index is 14.0. The SMILES string of the molecule is CN(C)C[C@@H](OC(=O)N1CC(C(=N)NC(=O)c2ccc(F)cc2F)=C(N)C1(C)C)C1CCCCC1. The molecule has 0 spiro atoms. The summed E-state index contributed by atoms with van der Waals surface area (Å²) in [7, 11) is 3.88. The molecule has 0 aromatic heterocycles. The maximum Gasteiger partial charge on any atom is 0.411 e. The highest BCUT2D eigenvalue weighted by Crippen LogP contribution is 2.34. The first-order valence-corrected chi connectivity index (χ1v) is 11.9. The average Bonchev–Trinajstić information content (AvgIpc) is 3.02. The number of hydrogen-bond acceptors (Lipinski definition) is 6. The minimum Gasteiger partial charge on any atom is -0.444 e. The number of halogens is 2. The van der Waals surface area contributed by atoms with E-state index in [1.54, 1.807) is 13.8 Å². The van der Waals surface area contributed by atoms with Gasteiger partial charge in [-0.15, -0.1) is 0 Å². The average molecular weight is 492 g/mol. The lowest BCUT2D eigenvalue weighted by atomic mass is 9.85. The van der Waals surface area contributed by atoms with E-state index < -0.39 is 34.7 Å². The molecule has 1 heterocycles. The summed E-state index contributed by atoms with van der Waals surface area (Å²) in [6.07, 6.45) is 4.65. The Bertz CT molecular complexity index is 1020. The Labute approximate surface area is 205 Å². The van der Waals surface area contributed by atoms with Gasteiger partial charge >= 0.3 is 6.09 Å². The summed E-state index contributed by atoms with van der Waals surface area (Å²) in [6.45, 7) is 4.05. The van der Waals surface area contributed by atoms with E-state index in [1.807, 2.05) is 19.0 Å². The Morgan fingerprint density at radius 2 is 1.91 bits per heavy atom. The molecule has 0 saturated heterocycles. The third-order valence-corrected chi connectivity index (χ3v) is 6.88. The van der Waals surface area contributed by atoms with Crippen LogP contribution < -0.4 is 11.1 Å². The van der Waals surface area contributed by atoms with Crippen molar-refractivity contribution in [1.82, 2.24) is 15.1 Å². The topological polar surface area (TPSA) is 112 Å². The van der Waals surface area contributed by atoms with Crippen molar-refractivity contribution >= 4 is 17.8 Å². The summed E-state index contributed by atoms with van der Waals surface area (Å²) in [4.78, 5) is 29.2. The fourth-order valence-electron chi connectivity index (χ4n) is 4.73. The molecule has 0 bridgehead atoms. The van der Waals surface area contributed by atoms with Gasteiger partial charge in [0, 0.05) is 23.9 Å². The van der Waals surface area contributed by atoms with Crippen LogP contribution in [0.4, 0.5) is 13.6 Å². The lowest BCUT2D eigenvalue weighted by Gasteiger charge is -2.36. The van der Waals surface area contributed by atoms with Gasteiger partial charge in [0.15, 0.2) is 0 Å². The van der Waals surface area contributed by atoms with E-state index in [1.165, 1.54) is 11.3 Å². The zero-order valence-electron chi connectivity index (χ0n) is 20.8. The second-order valence-electron chi connectivity index (χ2n) is 10.1. The maximum absolute atomic E-state index is 14.0. The van der Waals surface area contributed by atoms with E-state index in [2.05, 4.69) is 5.32 Å². The predicted octanol–water partition coefficient (Wildman–Crippen LogP) is 3.63. The molecule has 192 valence electrons. The van der Waals surface area contributed by atoms with Crippen LogP contribution in [0.1, 0.15) is 56.3 Å². The third-order valence-electron chi connectivity index (χ3n) is 6.88. The van der Waals surface area contributed by atoms with Gasteiger partial charge in [-0.05, 0) is 58.8 Å². The van der Waals surface area contributed by atoms with Crippen molar-refractivity contribution in [2.24, 2.45) is 11.7 Å². The number of amidine groups is 1. The van der Waals surface area contributed by atoms with E-state index in [4.69, 9.17) is 15.9 Å². The number of ether oxygens (including phenoxy) is 1. The Morgan fingerprint density at radius 3 is 2.51 bits per heavy atom. The van der Waals surface area contributed by atoms with E-state index in [9.17, 15) is 18.4 Å². The van der Waals surface area contributed by atoms with Crippen molar-refractivity contribution in [2.75, 3.05) is 27.2 Å². The number of likely N-dealkylation sites (N-methyl/N-ethyl adjacent to an activating group) is 1. The summed E-state index contributed by atoms with van der Waals surface area (Å²) in [5, 5.41) is 10.7. The Morgan fingerprint density at radius 1 is 1.26 bits per heavy atom. The fourth-order valence-corrected chi connectivity index (χ4v) is 4.73. The largest absolute Gasteiger partial charge is 0.444 e. The van der Waals surface area contributed by atoms with Gasteiger partial charge in [0.2, 0.25) is 0 Å². The number of nitrogens with one attached hydrogen (secondary N) is 2. The number of amides is 2. The highest BCUT2D eigenvalue weighted by atomic mass is 19.1. The van der Waals surface area contributed by atoms with Gasteiger partial charge in [-0.25, -0.2) is 13.6 Å². The van der Waals surface area contributed by atoms with Crippen molar-refractivity contribution in [3.8, 4) is 0 Å². The van der Waals surface area contributed by atoms with E-state index >= 15 is 0 Å². The molecule has 35 heavy (non-hydrogen) atoms. The van der Waals surface area contributed by atoms with Gasteiger partial charge in [0.25, 0.3) is 5.91 Å². The summed E-state index contributed by atoms with van der Waals surface area (Å²) in [5.41, 5.74) is 5.43. The molecule has 1 fully saturated rings. The number of rotatable bonds is 6. The van der Waals surface area contributed by atoms with Crippen molar-refractivity contribution in [2.45, 2.75) is 57.6 Å². The zero-order valence-corrected chi connectivity index (χ0v) is 20.8. The van der Waals surface area contributed by atoms with Crippen molar-refractivity contribution in [3.63, 3.8) is 0 Å². The normalized spacial score (nSPS) is 19.1. The Hall–Kier alpha value is -3.01. The number of nitrogens with two attached hydrogens (primary N) is 1. The van der Waals surface area contributed by atoms with Gasteiger partial charge in [-0.1, -0.05) is 19.3 Å². The van der Waals surface area contributed by atoms with Crippen LogP contribution in [-0.4, -0.2) is 66.5 Å². The minimum absolute atomic E-state index is 0.0397. The van der Waals surface area contributed by atoms with Crippen LogP contribution >= 0.6 is 0 Å². The monoisotopic (exact) mass is 491 g/mol. The second kappa shape index (κ2) is 10.7. The summed E-state index contributed by atoms with van der Waals surface area (Å²) in [5.74, 6) is -2.82. The van der Waals surface area contributed by atoms with Crippen LogP contribution in [-0.2, 0) is 4.74 Å². The lowest BCUT2D eigenvalue weighted by Crippen LogP contribution is -2.49. The van der Waals surface area contributed by atoms with Crippen LogP contribution in [0.25, 0.3) is 0 Å². The van der Waals surface area contributed by atoms with Crippen LogP contribution in [0.5, 0.6) is 0 Å². The molecule has 8 nitrogen and oxygen atoms in total. The molecule has 1 atom stereocenters. The number of benzene rings is 1. The van der Waals surface area contributed by atoms with Crippen LogP contribution in [0.3, 0.4) is 0 Å². The Balaban J connectivity index is 1.72. The molecule has 1 aromatic rings. The van der Waals surface area contributed by atoms with Gasteiger partial charge in [-0.2, -0.15) is 0 Å². The lowest BCUT2D eigenvalue weighted by molar-refractivity contribution is 0.00440. The molecule has 1 saturated carbocycles. The van der Waals surface area contributed by atoms with Crippen molar-refractivity contribution < 1.29 is 23.1 Å². The molecule has 2 aliphatic rings. The van der Waals surface area contributed by atoms with Gasteiger partial charge < -0.3 is 20.7 Å². The first-order valence-electron chi connectivity index (χ1n) is 11.9. The molecule has 0 unspecified atom stereocenters.